The summed E-state index contributed by atoms with van der Waals surface area (Å²) < 4.78 is 0. The van der Waals surface area contributed by atoms with Gasteiger partial charge < -0.3 is 20.4 Å². The molecule has 23 heavy (non-hydrogen) atoms. The molecule has 2 aromatic rings. The average molecular weight is 322 g/mol. The standard InChI is InChI=1S/C14H10O9/c15-9-5-1-3-7(11(9)17)13(19)21-23-22-14(20)8-4-2-6-10(16)12(8)18/h1-6,15-18H. The summed E-state index contributed by atoms with van der Waals surface area (Å²) in [5, 5.41) is 41.3. The van der Waals surface area contributed by atoms with Crippen LogP contribution in [0.15, 0.2) is 36.4 Å². The predicted molar refractivity (Wildman–Crippen MR) is 71.5 cm³/mol. The molecule has 4 N–H and O–H groups in total. The second-order valence-electron chi connectivity index (χ2n) is 4.16. The van der Waals surface area contributed by atoms with Gasteiger partial charge in [0.05, 0.1) is 0 Å². The van der Waals surface area contributed by atoms with Crippen LogP contribution in [0.3, 0.4) is 0 Å². The van der Waals surface area contributed by atoms with Crippen LogP contribution >= 0.6 is 0 Å². The lowest BCUT2D eigenvalue weighted by atomic mass is 10.2. The van der Waals surface area contributed by atoms with Gasteiger partial charge in [-0.15, -0.1) is 0 Å². The Kier molecular flexibility index (Phi) is 4.52. The van der Waals surface area contributed by atoms with E-state index in [0.717, 1.165) is 24.3 Å². The molecular formula is C14H10O9. The lowest BCUT2D eigenvalue weighted by Crippen LogP contribution is -2.11. The van der Waals surface area contributed by atoms with Gasteiger partial charge in [-0.05, 0) is 24.3 Å². The van der Waals surface area contributed by atoms with Crippen molar-refractivity contribution < 1.29 is 44.8 Å². The molecule has 0 aliphatic rings. The molecule has 0 aromatic heterocycles. The molecule has 120 valence electrons. The Morgan fingerprint density at radius 2 is 1.09 bits per heavy atom. The molecule has 0 unspecified atom stereocenters. The zero-order valence-electron chi connectivity index (χ0n) is 11.3. The Morgan fingerprint density at radius 1 is 0.696 bits per heavy atom. The molecule has 0 saturated carbocycles. The molecule has 9 heteroatoms. The van der Waals surface area contributed by atoms with Crippen LogP contribution in [0, 0.1) is 0 Å². The van der Waals surface area contributed by atoms with Crippen molar-refractivity contribution in [3.63, 3.8) is 0 Å². The average Bonchev–Trinajstić information content (AvgIpc) is 2.52. The summed E-state index contributed by atoms with van der Waals surface area (Å²) in [6, 6.07) is 7.06. The van der Waals surface area contributed by atoms with E-state index in [1.807, 2.05) is 0 Å². The van der Waals surface area contributed by atoms with Gasteiger partial charge in [0, 0.05) is 5.04 Å². The van der Waals surface area contributed by atoms with Crippen LogP contribution in [0.4, 0.5) is 0 Å². The first kappa shape index (κ1) is 15.9. The number of carbonyl (C=O) groups is 2. The summed E-state index contributed by atoms with van der Waals surface area (Å²) >= 11 is 0. The minimum absolute atomic E-state index is 0.429. The fraction of sp³-hybridized carbons (Fsp3) is 0. The molecule has 0 heterocycles. The number of aromatic hydroxyl groups is 4. The van der Waals surface area contributed by atoms with E-state index in [1.54, 1.807) is 0 Å². The Balaban J connectivity index is 1.97. The predicted octanol–water partition coefficient (Wildman–Crippen LogP) is 1.37. The number of benzene rings is 2. The van der Waals surface area contributed by atoms with Gasteiger partial charge in [0.25, 0.3) is 0 Å². The maximum absolute atomic E-state index is 11.6. The van der Waals surface area contributed by atoms with E-state index >= 15 is 0 Å². The Morgan fingerprint density at radius 3 is 1.48 bits per heavy atom. The number of carbonyl (C=O) groups excluding carboxylic acids is 2. The first-order valence-electron chi connectivity index (χ1n) is 6.03. The highest BCUT2D eigenvalue weighted by Gasteiger charge is 2.20. The number of phenolic OH excluding ortho intramolecular Hbond substituents is 4. The molecule has 0 atom stereocenters. The molecule has 9 nitrogen and oxygen atoms in total. The van der Waals surface area contributed by atoms with E-state index in [2.05, 4.69) is 14.8 Å². The highest BCUT2D eigenvalue weighted by Crippen LogP contribution is 2.30. The minimum atomic E-state index is -1.24. The smallest absolute Gasteiger partial charge is 0.381 e. The normalized spacial score (nSPS) is 10.1. The number of hydrogen-bond acceptors (Lipinski definition) is 9. The molecule has 0 aliphatic heterocycles. The number of rotatable bonds is 4. The topological polar surface area (TPSA) is 143 Å². The lowest BCUT2D eigenvalue weighted by molar-refractivity contribution is -0.446. The van der Waals surface area contributed by atoms with Gasteiger partial charge in [0.2, 0.25) is 0 Å². The number of hydrogen-bond donors (Lipinski definition) is 4. The fourth-order valence-electron chi connectivity index (χ4n) is 1.56. The van der Waals surface area contributed by atoms with Gasteiger partial charge in [-0.25, -0.2) is 9.59 Å². The highest BCUT2D eigenvalue weighted by molar-refractivity contribution is 5.94. The first-order chi connectivity index (χ1) is 10.9. The van der Waals surface area contributed by atoms with Crippen molar-refractivity contribution in [2.24, 2.45) is 0 Å². The molecular weight excluding hydrogens is 312 g/mol. The Hall–Kier alpha value is -3.46. The summed E-state index contributed by atoms with van der Waals surface area (Å²) in [7, 11) is 0. The largest absolute Gasteiger partial charge is 0.504 e. The van der Waals surface area contributed by atoms with E-state index in [9.17, 15) is 30.0 Å². The van der Waals surface area contributed by atoms with Crippen molar-refractivity contribution in [1.29, 1.82) is 0 Å². The summed E-state index contributed by atoms with van der Waals surface area (Å²) in [4.78, 5) is 31.4. The zero-order valence-corrected chi connectivity index (χ0v) is 11.3. The summed E-state index contributed by atoms with van der Waals surface area (Å²) in [6.45, 7) is 0. The minimum Gasteiger partial charge on any atom is -0.504 e. The Bertz CT molecular complexity index is 690. The second-order valence-corrected chi connectivity index (χ2v) is 4.16. The van der Waals surface area contributed by atoms with Crippen LogP contribution in [0.25, 0.3) is 0 Å². The Labute approximate surface area is 128 Å². The first-order valence-corrected chi connectivity index (χ1v) is 6.03. The summed E-state index contributed by atoms with van der Waals surface area (Å²) in [6.07, 6.45) is 0. The third-order valence-corrected chi connectivity index (χ3v) is 2.69. The third-order valence-electron chi connectivity index (χ3n) is 2.69. The molecule has 0 amide bonds. The van der Waals surface area contributed by atoms with Crippen molar-refractivity contribution in [3.05, 3.63) is 47.5 Å². The second kappa shape index (κ2) is 6.54. The van der Waals surface area contributed by atoms with Crippen molar-refractivity contribution in [1.82, 2.24) is 0 Å². The molecule has 2 rings (SSSR count). The van der Waals surface area contributed by atoms with Gasteiger partial charge in [-0.1, -0.05) is 12.1 Å². The van der Waals surface area contributed by atoms with Crippen molar-refractivity contribution in [2.45, 2.75) is 0 Å². The van der Waals surface area contributed by atoms with Crippen LogP contribution in [0.2, 0.25) is 0 Å². The van der Waals surface area contributed by atoms with Crippen LogP contribution in [-0.4, -0.2) is 32.4 Å². The van der Waals surface area contributed by atoms with Crippen molar-refractivity contribution in [2.75, 3.05) is 0 Å². The van der Waals surface area contributed by atoms with Crippen LogP contribution < -0.4 is 0 Å². The van der Waals surface area contributed by atoms with Gasteiger partial charge in [-0.2, -0.15) is 0 Å². The molecule has 0 saturated heterocycles. The summed E-state index contributed by atoms with van der Waals surface area (Å²) in [5.74, 6) is -5.07. The van der Waals surface area contributed by atoms with E-state index < -0.39 is 46.1 Å². The van der Waals surface area contributed by atoms with E-state index in [1.165, 1.54) is 12.1 Å². The molecule has 0 fully saturated rings. The number of para-hydroxylation sites is 2. The maximum atomic E-state index is 11.6. The number of phenols is 4. The van der Waals surface area contributed by atoms with Gasteiger partial charge in [0.1, 0.15) is 11.1 Å². The maximum Gasteiger partial charge on any atom is 0.381 e. The molecule has 2 aromatic carbocycles. The molecule has 0 spiro atoms. The summed E-state index contributed by atoms with van der Waals surface area (Å²) in [5.41, 5.74) is -0.859. The third kappa shape index (κ3) is 3.41. The zero-order chi connectivity index (χ0) is 17.0. The van der Waals surface area contributed by atoms with E-state index in [-0.39, 0.29) is 0 Å². The molecule has 0 radical (unpaired) electrons. The van der Waals surface area contributed by atoms with Crippen molar-refractivity contribution in [3.8, 4) is 23.0 Å². The van der Waals surface area contributed by atoms with Crippen LogP contribution in [0.1, 0.15) is 20.7 Å². The fourth-order valence-corrected chi connectivity index (χ4v) is 1.56. The van der Waals surface area contributed by atoms with Crippen LogP contribution in [-0.2, 0) is 14.8 Å². The van der Waals surface area contributed by atoms with Gasteiger partial charge in [0.15, 0.2) is 23.0 Å². The monoisotopic (exact) mass is 322 g/mol. The van der Waals surface area contributed by atoms with E-state index in [0.29, 0.717) is 0 Å². The molecule has 0 bridgehead atoms. The SMILES string of the molecule is O=C(OOOC(=O)c1cccc(O)c1O)c1cccc(O)c1O. The quantitative estimate of drug-likeness (QED) is 0.373. The van der Waals surface area contributed by atoms with Crippen molar-refractivity contribution >= 4 is 11.9 Å². The van der Waals surface area contributed by atoms with Crippen LogP contribution in [0.5, 0.6) is 23.0 Å². The van der Waals surface area contributed by atoms with Gasteiger partial charge >= 0.3 is 11.9 Å². The van der Waals surface area contributed by atoms with Gasteiger partial charge in [-0.3, -0.25) is 9.78 Å². The van der Waals surface area contributed by atoms with E-state index in [4.69, 9.17) is 0 Å². The highest BCUT2D eigenvalue weighted by atomic mass is 17.5. The molecule has 0 aliphatic carbocycles. The lowest BCUT2D eigenvalue weighted by Gasteiger charge is -2.06.